The number of fused-ring (bicyclic) bond motifs is 1. The molecule has 1 N–H and O–H groups in total. The number of hydrogen-bond acceptors (Lipinski definition) is 6. The lowest BCUT2D eigenvalue weighted by molar-refractivity contribution is -0.125. The zero-order valence-corrected chi connectivity index (χ0v) is 17.0. The molecule has 0 spiro atoms. The van der Waals surface area contributed by atoms with Crippen molar-refractivity contribution in [2.24, 2.45) is 5.10 Å². The average Bonchev–Trinajstić information content (AvgIpc) is 3.14. The van der Waals surface area contributed by atoms with Crippen molar-refractivity contribution in [3.8, 4) is 5.75 Å². The first-order valence-corrected chi connectivity index (χ1v) is 10.5. The Kier molecular flexibility index (Phi) is 6.24. The Balaban J connectivity index is 1.33. The fraction of sp³-hybridized carbons (Fsp3) is 0.182. The molecular weight excluding hydrogens is 400 g/mol. The number of thioether (sulfide) groups is 1. The van der Waals surface area contributed by atoms with Gasteiger partial charge < -0.3 is 4.74 Å². The van der Waals surface area contributed by atoms with Crippen LogP contribution in [0, 0.1) is 0 Å². The Morgan fingerprint density at radius 2 is 1.97 bits per heavy atom. The van der Waals surface area contributed by atoms with Gasteiger partial charge in [-0.1, -0.05) is 60.3 Å². The highest BCUT2D eigenvalue weighted by Gasteiger charge is 2.28. The standard InChI is InChI=1S/C22H20N4O3S/c27-19(14-29-18-10-4-8-17-9-5-12-23-21(17)18)24-25-22-26(20(28)15-30-22)13-11-16-6-2-1-3-7-16/h1-10,12H,11,13-15H2,(H,24,27)/b25-22+. The van der Waals surface area contributed by atoms with Crippen molar-refractivity contribution in [1.29, 1.82) is 0 Å². The number of carbonyl (C=O) groups is 2. The second-order valence-corrected chi connectivity index (χ2v) is 7.56. The van der Waals surface area contributed by atoms with Gasteiger partial charge in [-0.2, -0.15) is 0 Å². The Labute approximate surface area is 178 Å². The average molecular weight is 420 g/mol. The normalized spacial score (nSPS) is 15.0. The van der Waals surface area contributed by atoms with Crippen molar-refractivity contribution < 1.29 is 14.3 Å². The minimum atomic E-state index is -0.404. The van der Waals surface area contributed by atoms with Gasteiger partial charge in [0, 0.05) is 18.1 Å². The van der Waals surface area contributed by atoms with E-state index in [-0.39, 0.29) is 12.5 Å². The van der Waals surface area contributed by atoms with Crippen LogP contribution in [0.3, 0.4) is 0 Å². The maximum absolute atomic E-state index is 12.2. The molecule has 4 rings (SSSR count). The lowest BCUT2D eigenvalue weighted by Crippen LogP contribution is -2.34. The number of rotatable bonds is 7. The highest BCUT2D eigenvalue weighted by atomic mass is 32.2. The second kappa shape index (κ2) is 9.41. The summed E-state index contributed by atoms with van der Waals surface area (Å²) in [4.78, 5) is 30.3. The number of nitrogens with zero attached hydrogens (tertiary/aromatic N) is 3. The summed E-state index contributed by atoms with van der Waals surface area (Å²) in [6.45, 7) is 0.317. The monoisotopic (exact) mass is 420 g/mol. The van der Waals surface area contributed by atoms with Crippen LogP contribution >= 0.6 is 11.8 Å². The summed E-state index contributed by atoms with van der Waals surface area (Å²) in [5.41, 5.74) is 4.32. The van der Waals surface area contributed by atoms with Crippen molar-refractivity contribution >= 4 is 39.6 Å². The third-order valence-corrected chi connectivity index (χ3v) is 5.52. The molecule has 1 fully saturated rings. The first-order chi connectivity index (χ1) is 14.7. The van der Waals surface area contributed by atoms with E-state index in [1.165, 1.54) is 11.8 Å². The number of pyridine rings is 1. The van der Waals surface area contributed by atoms with Crippen LogP contribution in [0.15, 0.2) is 72.0 Å². The van der Waals surface area contributed by atoms with Gasteiger partial charge in [0.15, 0.2) is 11.8 Å². The third kappa shape index (κ3) is 4.77. The molecule has 0 radical (unpaired) electrons. The SMILES string of the molecule is O=C(COc1cccc2cccnc12)N/N=C1/SCC(=O)N1CCc1ccccc1. The van der Waals surface area contributed by atoms with E-state index < -0.39 is 5.91 Å². The van der Waals surface area contributed by atoms with E-state index in [2.05, 4.69) is 15.5 Å². The van der Waals surface area contributed by atoms with Gasteiger partial charge in [-0.15, -0.1) is 5.10 Å². The predicted octanol–water partition coefficient (Wildman–Crippen LogP) is 2.82. The molecule has 3 aromatic rings. The summed E-state index contributed by atoms with van der Waals surface area (Å²) >= 11 is 1.31. The molecule has 7 nitrogen and oxygen atoms in total. The van der Waals surface area contributed by atoms with E-state index in [1.54, 1.807) is 17.2 Å². The first-order valence-electron chi connectivity index (χ1n) is 9.51. The van der Waals surface area contributed by atoms with Crippen LogP contribution in [0.25, 0.3) is 10.9 Å². The van der Waals surface area contributed by atoms with Crippen LogP contribution in [0.5, 0.6) is 5.75 Å². The van der Waals surface area contributed by atoms with Crippen LogP contribution in [0.2, 0.25) is 0 Å². The molecule has 0 atom stereocenters. The number of benzene rings is 2. The predicted molar refractivity (Wildman–Crippen MR) is 117 cm³/mol. The molecule has 0 unspecified atom stereocenters. The zero-order chi connectivity index (χ0) is 20.8. The summed E-state index contributed by atoms with van der Waals surface area (Å²) < 4.78 is 5.62. The van der Waals surface area contributed by atoms with Crippen LogP contribution in [-0.2, 0) is 16.0 Å². The molecule has 1 aliphatic rings. The summed E-state index contributed by atoms with van der Waals surface area (Å²) in [5, 5.41) is 5.56. The van der Waals surface area contributed by atoms with E-state index in [1.807, 2.05) is 54.6 Å². The molecule has 2 amide bonds. The molecule has 1 saturated heterocycles. The van der Waals surface area contributed by atoms with Crippen LogP contribution in [-0.4, -0.2) is 45.8 Å². The van der Waals surface area contributed by atoms with Crippen LogP contribution in [0.1, 0.15) is 5.56 Å². The van der Waals surface area contributed by atoms with E-state index in [0.717, 1.165) is 17.4 Å². The van der Waals surface area contributed by atoms with Gasteiger partial charge in [0.1, 0.15) is 11.3 Å². The smallest absolute Gasteiger partial charge is 0.278 e. The van der Waals surface area contributed by atoms with E-state index >= 15 is 0 Å². The molecule has 0 bridgehead atoms. The third-order valence-electron chi connectivity index (χ3n) is 4.55. The number of nitrogens with one attached hydrogen (secondary N) is 1. The number of aromatic nitrogens is 1. The summed E-state index contributed by atoms with van der Waals surface area (Å²) in [7, 11) is 0. The highest BCUT2D eigenvalue weighted by molar-refractivity contribution is 8.15. The Bertz CT molecular complexity index is 1080. The molecule has 8 heteroatoms. The number of amidine groups is 1. The molecule has 1 aliphatic heterocycles. The van der Waals surface area contributed by atoms with Gasteiger partial charge in [-0.25, -0.2) is 5.43 Å². The summed E-state index contributed by atoms with van der Waals surface area (Å²) in [5.74, 6) is 0.438. The van der Waals surface area contributed by atoms with Crippen molar-refractivity contribution in [2.75, 3.05) is 18.9 Å². The fourth-order valence-electron chi connectivity index (χ4n) is 3.07. The second-order valence-electron chi connectivity index (χ2n) is 6.62. The van der Waals surface area contributed by atoms with E-state index in [4.69, 9.17) is 4.74 Å². The van der Waals surface area contributed by atoms with Gasteiger partial charge in [-0.3, -0.25) is 19.5 Å². The van der Waals surface area contributed by atoms with Gasteiger partial charge in [0.25, 0.3) is 5.91 Å². The van der Waals surface area contributed by atoms with E-state index in [9.17, 15) is 9.59 Å². The lowest BCUT2D eigenvalue weighted by Gasteiger charge is -2.15. The molecule has 152 valence electrons. The molecule has 0 saturated carbocycles. The van der Waals surface area contributed by atoms with Gasteiger partial charge in [0.05, 0.1) is 5.75 Å². The minimum Gasteiger partial charge on any atom is -0.481 e. The van der Waals surface area contributed by atoms with Crippen molar-refractivity contribution in [3.63, 3.8) is 0 Å². The van der Waals surface area contributed by atoms with Crippen LogP contribution < -0.4 is 10.2 Å². The van der Waals surface area contributed by atoms with Gasteiger partial charge in [0.2, 0.25) is 5.91 Å². The van der Waals surface area contributed by atoms with Crippen molar-refractivity contribution in [1.82, 2.24) is 15.3 Å². The maximum Gasteiger partial charge on any atom is 0.278 e. The first kappa shape index (κ1) is 19.9. The van der Waals surface area contributed by atoms with Crippen molar-refractivity contribution in [3.05, 3.63) is 72.4 Å². The molecule has 1 aromatic heterocycles. The number of para-hydroxylation sites is 1. The molecular formula is C22H20N4O3S. The Hall–Kier alpha value is -3.39. The molecule has 2 aromatic carbocycles. The van der Waals surface area contributed by atoms with Crippen LogP contribution in [0.4, 0.5) is 0 Å². The Morgan fingerprint density at radius 1 is 1.13 bits per heavy atom. The maximum atomic E-state index is 12.2. The number of carbonyl (C=O) groups excluding carboxylic acids is 2. The fourth-order valence-corrected chi connectivity index (χ4v) is 3.93. The number of ether oxygens (including phenoxy) is 1. The highest BCUT2D eigenvalue weighted by Crippen LogP contribution is 2.23. The van der Waals surface area contributed by atoms with Crippen molar-refractivity contribution in [2.45, 2.75) is 6.42 Å². The number of hydrogen-bond donors (Lipinski definition) is 1. The zero-order valence-electron chi connectivity index (χ0n) is 16.2. The number of amides is 2. The summed E-state index contributed by atoms with van der Waals surface area (Å²) in [6.07, 6.45) is 2.40. The minimum absolute atomic E-state index is 0.0120. The molecule has 0 aliphatic carbocycles. The molecule has 2 heterocycles. The molecule has 30 heavy (non-hydrogen) atoms. The summed E-state index contributed by atoms with van der Waals surface area (Å²) in [6, 6.07) is 19.3. The van der Waals surface area contributed by atoms with Gasteiger partial charge in [-0.05, 0) is 24.1 Å². The topological polar surface area (TPSA) is 83.9 Å². The largest absolute Gasteiger partial charge is 0.481 e. The van der Waals surface area contributed by atoms with Gasteiger partial charge >= 0.3 is 0 Å². The number of hydrazone groups is 1. The van der Waals surface area contributed by atoms with E-state index in [0.29, 0.717) is 28.7 Å². The quantitative estimate of drug-likeness (QED) is 0.594. The Morgan fingerprint density at radius 3 is 2.83 bits per heavy atom. The lowest BCUT2D eigenvalue weighted by atomic mass is 10.1.